The van der Waals surface area contributed by atoms with Crippen molar-refractivity contribution in [2.45, 2.75) is 11.3 Å². The van der Waals surface area contributed by atoms with Crippen LogP contribution in [0.2, 0.25) is 5.02 Å². The molecule has 1 heterocycles. The number of hydrogen-bond donors (Lipinski definition) is 0. The molecule has 2 aromatic carbocycles. The highest BCUT2D eigenvalue weighted by Crippen LogP contribution is 2.20. The molecule has 0 unspecified atom stereocenters. The molecule has 1 amide bonds. The quantitative estimate of drug-likeness (QED) is 0.624. The number of sulfonamides is 1. The van der Waals surface area contributed by atoms with E-state index >= 15 is 0 Å². The fraction of sp³-hybridized carbons (Fsp3) is 0.300. The Balaban J connectivity index is 1.49. The third kappa shape index (κ3) is 5.16. The molecule has 0 atom stereocenters. The van der Waals surface area contributed by atoms with Gasteiger partial charge in [0.05, 0.1) is 11.3 Å². The van der Waals surface area contributed by atoms with Crippen molar-refractivity contribution in [1.29, 1.82) is 0 Å². The van der Waals surface area contributed by atoms with Crippen LogP contribution in [-0.2, 0) is 30.8 Å². The standard InChI is InChI=1S/C20H20ClFN2O5S/c21-17-7-4-8-18(22)16(17)13-20(26)29-14-19(25)23-9-11-24(12-10-23)30(27,28)15-5-2-1-3-6-15/h1-8H,9-14H2. The van der Waals surface area contributed by atoms with Gasteiger partial charge in [-0.05, 0) is 24.3 Å². The number of carbonyl (C=O) groups excluding carboxylic acids is 2. The second-order valence-electron chi connectivity index (χ2n) is 6.64. The Morgan fingerprint density at radius 1 is 1.00 bits per heavy atom. The molecular weight excluding hydrogens is 435 g/mol. The van der Waals surface area contributed by atoms with Crippen LogP contribution in [0.1, 0.15) is 5.56 Å². The molecule has 3 rings (SSSR count). The van der Waals surface area contributed by atoms with Gasteiger partial charge in [-0.3, -0.25) is 9.59 Å². The molecular formula is C20H20ClFN2O5S. The van der Waals surface area contributed by atoms with Crippen molar-refractivity contribution in [3.63, 3.8) is 0 Å². The fourth-order valence-electron chi connectivity index (χ4n) is 3.05. The number of piperazine rings is 1. The summed E-state index contributed by atoms with van der Waals surface area (Å²) in [6.07, 6.45) is -0.387. The van der Waals surface area contributed by atoms with Crippen molar-refractivity contribution in [3.05, 3.63) is 64.9 Å². The minimum atomic E-state index is -3.62. The van der Waals surface area contributed by atoms with E-state index in [-0.39, 0.29) is 48.1 Å². The summed E-state index contributed by atoms with van der Waals surface area (Å²) in [5.41, 5.74) is 0.0105. The Morgan fingerprint density at radius 3 is 2.30 bits per heavy atom. The van der Waals surface area contributed by atoms with Crippen molar-refractivity contribution in [1.82, 2.24) is 9.21 Å². The molecule has 0 saturated carbocycles. The van der Waals surface area contributed by atoms with Crippen LogP contribution in [0.15, 0.2) is 53.4 Å². The molecule has 0 spiro atoms. The van der Waals surface area contributed by atoms with Gasteiger partial charge in [0.1, 0.15) is 5.82 Å². The van der Waals surface area contributed by atoms with E-state index in [4.69, 9.17) is 16.3 Å². The summed E-state index contributed by atoms with van der Waals surface area (Å²) in [5, 5.41) is 0.106. The number of halogens is 2. The van der Waals surface area contributed by atoms with Gasteiger partial charge in [-0.1, -0.05) is 35.9 Å². The average Bonchev–Trinajstić information content (AvgIpc) is 2.75. The number of hydrogen-bond acceptors (Lipinski definition) is 5. The number of benzene rings is 2. The number of amides is 1. The highest BCUT2D eigenvalue weighted by molar-refractivity contribution is 7.89. The van der Waals surface area contributed by atoms with Gasteiger partial charge in [-0.2, -0.15) is 4.31 Å². The monoisotopic (exact) mass is 454 g/mol. The van der Waals surface area contributed by atoms with Crippen LogP contribution in [0.3, 0.4) is 0 Å². The summed E-state index contributed by atoms with van der Waals surface area (Å²) < 4.78 is 45.2. The molecule has 1 saturated heterocycles. The molecule has 160 valence electrons. The van der Waals surface area contributed by atoms with Gasteiger partial charge in [-0.25, -0.2) is 12.8 Å². The lowest BCUT2D eigenvalue weighted by atomic mass is 10.1. The average molecular weight is 455 g/mol. The van der Waals surface area contributed by atoms with Crippen LogP contribution in [-0.4, -0.2) is 62.3 Å². The minimum absolute atomic E-state index is 0.0105. The number of ether oxygens (including phenoxy) is 1. The minimum Gasteiger partial charge on any atom is -0.455 e. The molecule has 0 aromatic heterocycles. The zero-order chi connectivity index (χ0) is 21.7. The third-order valence-corrected chi connectivity index (χ3v) is 6.98. The predicted octanol–water partition coefficient (Wildman–Crippen LogP) is 2.10. The van der Waals surface area contributed by atoms with Crippen molar-refractivity contribution in [2.75, 3.05) is 32.8 Å². The zero-order valence-electron chi connectivity index (χ0n) is 16.0. The van der Waals surface area contributed by atoms with Crippen LogP contribution >= 0.6 is 11.6 Å². The van der Waals surface area contributed by atoms with Crippen LogP contribution in [0.5, 0.6) is 0 Å². The van der Waals surface area contributed by atoms with Gasteiger partial charge >= 0.3 is 5.97 Å². The Labute approximate surface area is 179 Å². The Morgan fingerprint density at radius 2 is 1.67 bits per heavy atom. The summed E-state index contributed by atoms with van der Waals surface area (Å²) in [6.45, 7) is 0.142. The topological polar surface area (TPSA) is 84.0 Å². The molecule has 1 aliphatic heterocycles. The molecule has 0 bridgehead atoms. The maximum absolute atomic E-state index is 13.7. The van der Waals surface area contributed by atoms with E-state index in [1.54, 1.807) is 18.2 Å². The van der Waals surface area contributed by atoms with E-state index in [1.165, 1.54) is 39.5 Å². The largest absolute Gasteiger partial charge is 0.455 e. The first-order valence-corrected chi connectivity index (χ1v) is 11.0. The van der Waals surface area contributed by atoms with E-state index in [0.717, 1.165) is 0 Å². The molecule has 0 N–H and O–H groups in total. The van der Waals surface area contributed by atoms with Crippen LogP contribution in [0.4, 0.5) is 4.39 Å². The van der Waals surface area contributed by atoms with E-state index in [2.05, 4.69) is 0 Å². The van der Waals surface area contributed by atoms with Gasteiger partial charge in [-0.15, -0.1) is 0 Å². The SMILES string of the molecule is O=C(Cc1c(F)cccc1Cl)OCC(=O)N1CCN(S(=O)(=O)c2ccccc2)CC1. The molecule has 1 aliphatic rings. The van der Waals surface area contributed by atoms with Gasteiger partial charge < -0.3 is 9.64 Å². The molecule has 2 aromatic rings. The lowest BCUT2D eigenvalue weighted by Crippen LogP contribution is -2.51. The lowest BCUT2D eigenvalue weighted by Gasteiger charge is -2.33. The number of esters is 1. The fourth-order valence-corrected chi connectivity index (χ4v) is 4.72. The Hall–Kier alpha value is -2.49. The normalized spacial score (nSPS) is 15.1. The first kappa shape index (κ1) is 22.2. The van der Waals surface area contributed by atoms with Gasteiger partial charge in [0.2, 0.25) is 10.0 Å². The van der Waals surface area contributed by atoms with Crippen molar-refractivity contribution >= 4 is 33.5 Å². The first-order valence-electron chi connectivity index (χ1n) is 9.20. The van der Waals surface area contributed by atoms with Gasteiger partial charge in [0.25, 0.3) is 5.91 Å². The molecule has 1 fully saturated rings. The summed E-state index contributed by atoms with van der Waals surface area (Å²) >= 11 is 5.88. The highest BCUT2D eigenvalue weighted by Gasteiger charge is 2.30. The molecule has 0 aliphatic carbocycles. The van der Waals surface area contributed by atoms with E-state index in [1.807, 2.05) is 0 Å². The molecule has 0 radical (unpaired) electrons. The highest BCUT2D eigenvalue weighted by atomic mass is 35.5. The maximum atomic E-state index is 13.7. The number of carbonyl (C=O) groups is 2. The summed E-state index contributed by atoms with van der Waals surface area (Å²) in [6, 6.07) is 12.1. The van der Waals surface area contributed by atoms with E-state index in [0.29, 0.717) is 0 Å². The smallest absolute Gasteiger partial charge is 0.310 e. The van der Waals surface area contributed by atoms with Gasteiger partial charge in [0, 0.05) is 36.8 Å². The van der Waals surface area contributed by atoms with Crippen LogP contribution in [0.25, 0.3) is 0 Å². The van der Waals surface area contributed by atoms with E-state index in [9.17, 15) is 22.4 Å². The first-order chi connectivity index (χ1) is 14.3. The summed E-state index contributed by atoms with van der Waals surface area (Å²) in [4.78, 5) is 25.9. The molecule has 30 heavy (non-hydrogen) atoms. The second kappa shape index (κ2) is 9.55. The van der Waals surface area contributed by atoms with Gasteiger partial charge in [0.15, 0.2) is 6.61 Å². The number of rotatable bonds is 6. The van der Waals surface area contributed by atoms with Crippen molar-refractivity contribution in [3.8, 4) is 0 Å². The lowest BCUT2D eigenvalue weighted by molar-refractivity contribution is -0.152. The van der Waals surface area contributed by atoms with Crippen LogP contribution < -0.4 is 0 Å². The number of nitrogens with zero attached hydrogens (tertiary/aromatic N) is 2. The zero-order valence-corrected chi connectivity index (χ0v) is 17.5. The molecule has 7 nitrogen and oxygen atoms in total. The maximum Gasteiger partial charge on any atom is 0.310 e. The Kier molecular flexibility index (Phi) is 7.06. The Bertz CT molecular complexity index is 1000. The van der Waals surface area contributed by atoms with Crippen LogP contribution in [0, 0.1) is 5.82 Å². The second-order valence-corrected chi connectivity index (χ2v) is 8.98. The van der Waals surface area contributed by atoms with E-state index < -0.39 is 34.3 Å². The molecule has 10 heteroatoms. The van der Waals surface area contributed by atoms with Crippen molar-refractivity contribution in [2.24, 2.45) is 0 Å². The predicted molar refractivity (Wildman–Crippen MR) is 108 cm³/mol. The summed E-state index contributed by atoms with van der Waals surface area (Å²) in [7, 11) is -3.62. The third-order valence-electron chi connectivity index (χ3n) is 4.71. The summed E-state index contributed by atoms with van der Waals surface area (Å²) in [5.74, 6) is -1.85. The van der Waals surface area contributed by atoms with Crippen molar-refractivity contribution < 1.29 is 27.1 Å².